The summed E-state index contributed by atoms with van der Waals surface area (Å²) in [5, 5.41) is 10.9. The Hall–Kier alpha value is -3.13. The molecule has 258 valence electrons. The zero-order valence-electron chi connectivity index (χ0n) is 31.0. The Bertz CT molecular complexity index is 1560. The lowest BCUT2D eigenvalue weighted by atomic mass is 10.0. The lowest BCUT2D eigenvalue weighted by Gasteiger charge is -2.38. The van der Waals surface area contributed by atoms with Crippen LogP contribution in [0.1, 0.15) is 99.2 Å². The van der Waals surface area contributed by atoms with Crippen LogP contribution in [0, 0.1) is 11.5 Å². The highest BCUT2D eigenvalue weighted by Gasteiger charge is 2.42. The number of amides is 1. The predicted molar refractivity (Wildman–Crippen MR) is 194 cm³/mol. The van der Waals surface area contributed by atoms with Gasteiger partial charge in [-0.25, -0.2) is 9.48 Å². The van der Waals surface area contributed by atoms with E-state index in [1.807, 2.05) is 38.7 Å². The molecule has 1 atom stereocenters. The molecule has 0 bridgehead atoms. The molecule has 1 aromatic carbocycles. The average Bonchev–Trinajstić information content (AvgIpc) is 3.54. The van der Waals surface area contributed by atoms with Crippen LogP contribution in [-0.4, -0.2) is 82.9 Å². The normalized spacial score (nSPS) is 16.0. The van der Waals surface area contributed by atoms with Crippen molar-refractivity contribution in [3.05, 3.63) is 35.8 Å². The third kappa shape index (κ3) is 8.30. The molecule has 1 fully saturated rings. The molecule has 0 aliphatic carbocycles. The van der Waals surface area contributed by atoms with E-state index in [-0.39, 0.29) is 12.3 Å². The van der Waals surface area contributed by atoms with Crippen LogP contribution in [0.5, 0.6) is 0 Å². The SMILES string of the molecule is CC(C)[Si](C#Cc1nn(C2CCCCO2)c2ccc(-c3cnn(C)c3CN(C)CCN(C)C(=O)OC(C)(C)C)cc12)(C(C)C)C(C)C. The second kappa shape index (κ2) is 15.0. The van der Waals surface area contributed by atoms with Crippen LogP contribution in [0.25, 0.3) is 22.0 Å². The lowest BCUT2D eigenvalue weighted by Crippen LogP contribution is -2.43. The number of ether oxygens (including phenoxy) is 2. The fourth-order valence-electron chi connectivity index (χ4n) is 7.12. The van der Waals surface area contributed by atoms with E-state index < -0.39 is 13.7 Å². The Morgan fingerprint density at radius 3 is 2.36 bits per heavy atom. The van der Waals surface area contributed by atoms with Gasteiger partial charge >= 0.3 is 6.09 Å². The maximum atomic E-state index is 12.5. The standard InChI is InChI=1S/C37H58N6O3Si/c1-26(2)47(27(3)4,28(5)6)22-18-32-30-23-29(16-17-33(30)43(39-32)35-15-13-14-21-45-35)31-24-38-42(12)34(31)25-40(10)19-20-41(11)36(44)46-37(7,8)9/h16-17,23-24,26-28,35H,13-15,19-21,25H2,1-12H3. The highest BCUT2D eigenvalue weighted by Crippen LogP contribution is 2.41. The molecule has 0 N–H and O–H groups in total. The quantitative estimate of drug-likeness (QED) is 0.162. The van der Waals surface area contributed by atoms with Gasteiger partial charge in [0.25, 0.3) is 0 Å². The van der Waals surface area contributed by atoms with E-state index in [0.717, 1.165) is 59.3 Å². The largest absolute Gasteiger partial charge is 0.444 e. The van der Waals surface area contributed by atoms with Crippen molar-refractivity contribution in [3.8, 4) is 22.6 Å². The molecule has 9 nitrogen and oxygen atoms in total. The Morgan fingerprint density at radius 1 is 1.09 bits per heavy atom. The van der Waals surface area contributed by atoms with Crippen LogP contribution in [0.15, 0.2) is 24.4 Å². The summed E-state index contributed by atoms with van der Waals surface area (Å²) in [5.74, 6) is 3.67. The summed E-state index contributed by atoms with van der Waals surface area (Å²) < 4.78 is 15.8. The minimum atomic E-state index is -1.96. The molecule has 0 spiro atoms. The van der Waals surface area contributed by atoms with Gasteiger partial charge in [0.15, 0.2) is 6.23 Å². The van der Waals surface area contributed by atoms with E-state index >= 15 is 0 Å². The van der Waals surface area contributed by atoms with Crippen LogP contribution in [0.4, 0.5) is 4.79 Å². The maximum absolute atomic E-state index is 12.5. The average molecular weight is 663 g/mol. The molecule has 3 aromatic rings. The predicted octanol–water partition coefficient (Wildman–Crippen LogP) is 8.00. The summed E-state index contributed by atoms with van der Waals surface area (Å²) in [6.07, 6.45) is 4.74. The first-order chi connectivity index (χ1) is 22.0. The molecule has 1 unspecified atom stereocenters. The summed E-state index contributed by atoms with van der Waals surface area (Å²) in [6.45, 7) is 22.4. The Labute approximate surface area is 284 Å². The Balaban J connectivity index is 1.69. The van der Waals surface area contributed by atoms with Crippen molar-refractivity contribution in [3.63, 3.8) is 0 Å². The van der Waals surface area contributed by atoms with Gasteiger partial charge in [-0.2, -0.15) is 10.2 Å². The number of hydrogen-bond acceptors (Lipinski definition) is 6. The topological polar surface area (TPSA) is 77.7 Å². The maximum Gasteiger partial charge on any atom is 0.410 e. The van der Waals surface area contributed by atoms with Crippen molar-refractivity contribution in [1.29, 1.82) is 0 Å². The third-order valence-corrected chi connectivity index (χ3v) is 16.0. The number of rotatable bonds is 10. The molecule has 4 rings (SSSR count). The van der Waals surface area contributed by atoms with Crippen LogP contribution < -0.4 is 0 Å². The van der Waals surface area contributed by atoms with E-state index in [9.17, 15) is 4.79 Å². The van der Waals surface area contributed by atoms with Gasteiger partial charge in [0.2, 0.25) is 0 Å². The first kappa shape index (κ1) is 36.7. The summed E-state index contributed by atoms with van der Waals surface area (Å²) in [4.78, 5) is 16.3. The van der Waals surface area contributed by atoms with Gasteiger partial charge in [0.05, 0.1) is 17.4 Å². The molecular weight excluding hydrogens is 605 g/mol. The summed E-state index contributed by atoms with van der Waals surface area (Å²) >= 11 is 0. The highest BCUT2D eigenvalue weighted by atomic mass is 28.3. The Kier molecular flexibility index (Phi) is 11.7. The van der Waals surface area contributed by atoms with Gasteiger partial charge in [-0.15, -0.1) is 5.54 Å². The molecule has 1 saturated heterocycles. The smallest absolute Gasteiger partial charge is 0.410 e. The van der Waals surface area contributed by atoms with Crippen molar-refractivity contribution < 1.29 is 14.3 Å². The van der Waals surface area contributed by atoms with Crippen molar-refractivity contribution in [2.45, 2.75) is 117 Å². The monoisotopic (exact) mass is 662 g/mol. The second-order valence-corrected chi connectivity index (χ2v) is 20.8. The number of aryl methyl sites for hydroxylation is 1. The van der Waals surface area contributed by atoms with Crippen molar-refractivity contribution in [2.24, 2.45) is 7.05 Å². The number of aromatic nitrogens is 4. The van der Waals surface area contributed by atoms with Crippen LogP contribution in [0.3, 0.4) is 0 Å². The number of likely N-dealkylation sites (N-methyl/N-ethyl adjacent to an activating group) is 2. The summed E-state index contributed by atoms with van der Waals surface area (Å²) in [7, 11) is 3.88. The number of benzene rings is 1. The molecule has 0 radical (unpaired) electrons. The van der Waals surface area contributed by atoms with E-state index in [0.29, 0.717) is 36.3 Å². The molecule has 2 aromatic heterocycles. The van der Waals surface area contributed by atoms with Crippen LogP contribution in [0.2, 0.25) is 16.6 Å². The molecule has 10 heteroatoms. The molecule has 1 amide bonds. The van der Waals surface area contributed by atoms with Crippen molar-refractivity contribution >= 4 is 25.1 Å². The molecule has 1 aliphatic rings. The van der Waals surface area contributed by atoms with E-state index in [1.54, 1.807) is 11.9 Å². The minimum absolute atomic E-state index is 0.0728. The number of nitrogens with zero attached hydrogens (tertiary/aromatic N) is 6. The molecular formula is C37H58N6O3Si. The van der Waals surface area contributed by atoms with Gasteiger partial charge < -0.3 is 14.4 Å². The molecule has 0 saturated carbocycles. The van der Waals surface area contributed by atoms with Gasteiger partial charge in [0, 0.05) is 51.3 Å². The number of carbonyl (C=O) groups excluding carboxylic acids is 1. The zero-order valence-corrected chi connectivity index (χ0v) is 32.0. The third-order valence-electron chi connectivity index (χ3n) is 9.71. The summed E-state index contributed by atoms with van der Waals surface area (Å²) in [5.41, 5.74) is 10.2. The van der Waals surface area contributed by atoms with Gasteiger partial charge in [-0.3, -0.25) is 9.58 Å². The number of hydrogen-bond donors (Lipinski definition) is 0. The van der Waals surface area contributed by atoms with Gasteiger partial charge in [0.1, 0.15) is 19.4 Å². The van der Waals surface area contributed by atoms with Crippen molar-refractivity contribution in [1.82, 2.24) is 29.4 Å². The van der Waals surface area contributed by atoms with Crippen LogP contribution in [-0.2, 0) is 23.1 Å². The second-order valence-electron chi connectivity index (χ2n) is 15.3. The number of carbonyl (C=O) groups is 1. The zero-order chi connectivity index (χ0) is 34.7. The first-order valence-corrected chi connectivity index (χ1v) is 19.6. The number of fused-ring (bicyclic) bond motifs is 1. The minimum Gasteiger partial charge on any atom is -0.444 e. The fourth-order valence-corrected chi connectivity index (χ4v) is 12.3. The molecule has 47 heavy (non-hydrogen) atoms. The van der Waals surface area contributed by atoms with E-state index in [1.165, 1.54) is 0 Å². The van der Waals surface area contributed by atoms with E-state index in [4.69, 9.17) is 14.6 Å². The Morgan fingerprint density at radius 2 is 1.77 bits per heavy atom. The van der Waals surface area contributed by atoms with Gasteiger partial charge in [-0.1, -0.05) is 53.5 Å². The molecule has 3 heterocycles. The first-order valence-electron chi connectivity index (χ1n) is 17.4. The van der Waals surface area contributed by atoms with Crippen molar-refractivity contribution in [2.75, 3.05) is 33.8 Å². The van der Waals surface area contributed by atoms with Crippen LogP contribution >= 0.6 is 0 Å². The lowest BCUT2D eigenvalue weighted by molar-refractivity contribution is -0.0367. The highest BCUT2D eigenvalue weighted by molar-refractivity contribution is 6.90. The fraction of sp³-hybridized carbons (Fsp3) is 0.649. The summed E-state index contributed by atoms with van der Waals surface area (Å²) in [6, 6.07) is 6.59. The van der Waals surface area contributed by atoms with E-state index in [2.05, 4.69) is 92.9 Å². The molecule has 1 aliphatic heterocycles. The van der Waals surface area contributed by atoms with Gasteiger partial charge in [-0.05, 0) is 81.4 Å².